The predicted molar refractivity (Wildman–Crippen MR) is 117 cm³/mol. The van der Waals surface area contributed by atoms with E-state index in [-0.39, 0.29) is 28.9 Å². The number of aryl methyl sites for hydroxylation is 1. The van der Waals surface area contributed by atoms with E-state index in [4.69, 9.17) is 4.74 Å². The molecule has 8 heteroatoms. The molecule has 4 rings (SSSR count). The molecule has 0 fully saturated rings. The second-order valence-electron chi connectivity index (χ2n) is 7.81. The molecule has 0 saturated carbocycles. The van der Waals surface area contributed by atoms with Crippen LogP contribution in [0.5, 0.6) is 5.75 Å². The average Bonchev–Trinajstić information content (AvgIpc) is 3.20. The summed E-state index contributed by atoms with van der Waals surface area (Å²) in [7, 11) is -3.59. The molecule has 164 valence electrons. The molecule has 0 unspecified atom stereocenters. The summed E-state index contributed by atoms with van der Waals surface area (Å²) in [6, 6.07) is 10.8. The molecule has 0 aromatic heterocycles. The number of carbonyl (C=O) groups excluding carboxylic acids is 2. The SMILES string of the molecule is CCOc1ccc(CNC(=O)CCS(=O)(=O)c2cc3c4c(c2)CCN4C(=O)CC3)cc1. The molecule has 0 aliphatic carbocycles. The van der Waals surface area contributed by atoms with Gasteiger partial charge in [0.1, 0.15) is 5.75 Å². The van der Waals surface area contributed by atoms with Gasteiger partial charge in [0.15, 0.2) is 9.84 Å². The van der Waals surface area contributed by atoms with Gasteiger partial charge in [0.2, 0.25) is 11.8 Å². The Balaban J connectivity index is 1.36. The van der Waals surface area contributed by atoms with Crippen LogP contribution in [-0.4, -0.2) is 39.1 Å². The number of rotatable bonds is 8. The van der Waals surface area contributed by atoms with Gasteiger partial charge in [0.25, 0.3) is 0 Å². The van der Waals surface area contributed by atoms with Gasteiger partial charge in [-0.25, -0.2) is 8.42 Å². The number of benzene rings is 2. The molecular weight excluding hydrogens is 416 g/mol. The van der Waals surface area contributed by atoms with Crippen molar-refractivity contribution in [2.75, 3.05) is 23.8 Å². The van der Waals surface area contributed by atoms with Crippen molar-refractivity contribution in [3.63, 3.8) is 0 Å². The van der Waals surface area contributed by atoms with Gasteiger partial charge in [0.05, 0.1) is 22.9 Å². The summed E-state index contributed by atoms with van der Waals surface area (Å²) in [5.41, 5.74) is 3.62. The fourth-order valence-electron chi connectivity index (χ4n) is 4.11. The van der Waals surface area contributed by atoms with Gasteiger partial charge in [-0.2, -0.15) is 0 Å². The minimum absolute atomic E-state index is 0.101. The third-order valence-corrected chi connectivity index (χ3v) is 7.40. The third kappa shape index (κ3) is 4.58. The van der Waals surface area contributed by atoms with E-state index in [9.17, 15) is 18.0 Å². The second kappa shape index (κ2) is 8.70. The van der Waals surface area contributed by atoms with Crippen LogP contribution in [0.4, 0.5) is 5.69 Å². The highest BCUT2D eigenvalue weighted by Gasteiger charge is 2.32. The van der Waals surface area contributed by atoms with Crippen molar-refractivity contribution in [1.82, 2.24) is 5.32 Å². The molecule has 2 aliphatic rings. The molecule has 7 nitrogen and oxygen atoms in total. The molecule has 0 radical (unpaired) electrons. The lowest BCUT2D eigenvalue weighted by Crippen LogP contribution is -2.33. The highest BCUT2D eigenvalue weighted by molar-refractivity contribution is 7.91. The maximum atomic E-state index is 12.9. The fraction of sp³-hybridized carbons (Fsp3) is 0.391. The molecule has 0 atom stereocenters. The molecule has 2 aromatic rings. The second-order valence-corrected chi connectivity index (χ2v) is 9.92. The van der Waals surface area contributed by atoms with Crippen molar-refractivity contribution >= 4 is 27.3 Å². The maximum Gasteiger partial charge on any atom is 0.227 e. The van der Waals surface area contributed by atoms with Crippen LogP contribution in [0, 0.1) is 0 Å². The van der Waals surface area contributed by atoms with E-state index >= 15 is 0 Å². The van der Waals surface area contributed by atoms with E-state index in [2.05, 4.69) is 5.32 Å². The zero-order valence-electron chi connectivity index (χ0n) is 17.5. The number of nitrogens with zero attached hydrogens (tertiary/aromatic N) is 1. The number of carbonyl (C=O) groups is 2. The van der Waals surface area contributed by atoms with Gasteiger partial charge in [-0.3, -0.25) is 9.59 Å². The van der Waals surface area contributed by atoms with Gasteiger partial charge in [-0.1, -0.05) is 12.1 Å². The van der Waals surface area contributed by atoms with Crippen LogP contribution in [-0.2, 0) is 38.8 Å². The predicted octanol–water partition coefficient (Wildman–Crippen LogP) is 2.40. The van der Waals surface area contributed by atoms with E-state index in [0.717, 1.165) is 28.1 Å². The maximum absolute atomic E-state index is 12.9. The average molecular weight is 443 g/mol. The van der Waals surface area contributed by atoms with Gasteiger partial charge < -0.3 is 15.0 Å². The first-order valence-corrected chi connectivity index (χ1v) is 12.2. The lowest BCUT2D eigenvalue weighted by molar-refractivity contribution is -0.121. The Kier molecular flexibility index (Phi) is 6.00. The van der Waals surface area contributed by atoms with Crippen molar-refractivity contribution in [3.05, 3.63) is 53.1 Å². The Morgan fingerprint density at radius 2 is 1.81 bits per heavy atom. The van der Waals surface area contributed by atoms with Crippen molar-refractivity contribution in [3.8, 4) is 5.75 Å². The Bertz CT molecular complexity index is 1110. The number of hydrogen-bond donors (Lipinski definition) is 1. The first-order valence-electron chi connectivity index (χ1n) is 10.5. The summed E-state index contributed by atoms with van der Waals surface area (Å²) in [4.78, 5) is 26.3. The summed E-state index contributed by atoms with van der Waals surface area (Å²) < 4.78 is 31.1. The molecule has 0 bridgehead atoms. The quantitative estimate of drug-likeness (QED) is 0.678. The van der Waals surface area contributed by atoms with E-state index < -0.39 is 9.84 Å². The van der Waals surface area contributed by atoms with Crippen LogP contribution in [0.2, 0.25) is 0 Å². The van der Waals surface area contributed by atoms with Crippen LogP contribution < -0.4 is 15.0 Å². The third-order valence-electron chi connectivity index (χ3n) is 5.71. The van der Waals surface area contributed by atoms with Crippen LogP contribution >= 0.6 is 0 Å². The number of sulfone groups is 1. The van der Waals surface area contributed by atoms with Crippen LogP contribution in [0.25, 0.3) is 0 Å². The van der Waals surface area contributed by atoms with E-state index in [1.54, 1.807) is 17.0 Å². The lowest BCUT2D eigenvalue weighted by atomic mass is 10.00. The largest absolute Gasteiger partial charge is 0.494 e. The zero-order valence-corrected chi connectivity index (χ0v) is 18.3. The van der Waals surface area contributed by atoms with Gasteiger partial charge >= 0.3 is 0 Å². The topological polar surface area (TPSA) is 92.8 Å². The summed E-state index contributed by atoms with van der Waals surface area (Å²) in [5, 5.41) is 2.77. The Morgan fingerprint density at radius 1 is 1.10 bits per heavy atom. The summed E-state index contributed by atoms with van der Waals surface area (Å²) >= 11 is 0. The highest BCUT2D eigenvalue weighted by Crippen LogP contribution is 2.38. The molecule has 0 saturated heterocycles. The minimum Gasteiger partial charge on any atom is -0.494 e. The number of amides is 2. The van der Waals surface area contributed by atoms with Crippen molar-refractivity contribution < 1.29 is 22.7 Å². The van der Waals surface area contributed by atoms with Crippen molar-refractivity contribution in [2.45, 2.75) is 44.0 Å². The van der Waals surface area contributed by atoms with Crippen molar-refractivity contribution in [2.24, 2.45) is 0 Å². The first kappa shape index (κ1) is 21.4. The van der Waals surface area contributed by atoms with Crippen molar-refractivity contribution in [1.29, 1.82) is 0 Å². The Labute approximate surface area is 182 Å². The number of nitrogens with one attached hydrogen (secondary N) is 1. The normalized spacial score (nSPS) is 15.0. The van der Waals surface area contributed by atoms with E-state index in [0.29, 0.717) is 39.0 Å². The smallest absolute Gasteiger partial charge is 0.227 e. The Hall–Kier alpha value is -2.87. The van der Waals surface area contributed by atoms with Gasteiger partial charge in [0, 0.05) is 25.9 Å². The molecule has 1 N–H and O–H groups in total. The Morgan fingerprint density at radius 3 is 2.52 bits per heavy atom. The summed E-state index contributed by atoms with van der Waals surface area (Å²) in [5.74, 6) is 0.315. The van der Waals surface area contributed by atoms with Gasteiger partial charge in [-0.05, 0) is 60.7 Å². The zero-order chi connectivity index (χ0) is 22.0. The molecule has 2 aliphatic heterocycles. The number of anilines is 1. The summed E-state index contributed by atoms with van der Waals surface area (Å²) in [6.07, 6.45) is 1.53. The molecule has 0 spiro atoms. The van der Waals surface area contributed by atoms with Crippen LogP contribution in [0.3, 0.4) is 0 Å². The molecule has 2 amide bonds. The molecule has 31 heavy (non-hydrogen) atoms. The van der Waals surface area contributed by atoms with Gasteiger partial charge in [-0.15, -0.1) is 0 Å². The standard InChI is InChI=1S/C23H26N2O5S/c1-2-30-19-6-3-16(4-7-19)15-24-21(26)10-12-31(28,29)20-13-17-5-8-22(27)25-11-9-18(14-20)23(17)25/h3-4,6-7,13-14H,2,5,8-12,15H2,1H3,(H,24,26). The first-order chi connectivity index (χ1) is 14.9. The summed E-state index contributed by atoms with van der Waals surface area (Å²) in [6.45, 7) is 3.44. The van der Waals surface area contributed by atoms with Crippen LogP contribution in [0.1, 0.15) is 36.5 Å². The van der Waals surface area contributed by atoms with E-state index in [1.165, 1.54) is 0 Å². The highest BCUT2D eigenvalue weighted by atomic mass is 32.2. The fourth-order valence-corrected chi connectivity index (χ4v) is 5.44. The minimum atomic E-state index is -3.59. The number of hydrogen-bond acceptors (Lipinski definition) is 5. The van der Waals surface area contributed by atoms with Crippen LogP contribution in [0.15, 0.2) is 41.3 Å². The number of ether oxygens (including phenoxy) is 1. The molecular formula is C23H26N2O5S. The molecule has 2 heterocycles. The molecule has 2 aromatic carbocycles. The lowest BCUT2D eigenvalue weighted by Gasteiger charge is -2.25. The van der Waals surface area contributed by atoms with E-state index in [1.807, 2.05) is 31.2 Å². The monoisotopic (exact) mass is 442 g/mol.